The summed E-state index contributed by atoms with van der Waals surface area (Å²) in [7, 11) is 4.53. The van der Waals surface area contributed by atoms with Crippen molar-refractivity contribution in [1.29, 1.82) is 0 Å². The molecule has 4 aromatic rings. The van der Waals surface area contributed by atoms with E-state index in [-0.39, 0.29) is 17.0 Å². The van der Waals surface area contributed by atoms with Crippen LogP contribution in [-0.2, 0) is 0 Å². The van der Waals surface area contributed by atoms with E-state index in [1.807, 2.05) is 0 Å². The fourth-order valence-electron chi connectivity index (χ4n) is 3.12. The minimum atomic E-state index is -0.669. The van der Waals surface area contributed by atoms with E-state index in [1.54, 1.807) is 30.6 Å². The number of amides is 3. The van der Waals surface area contributed by atoms with Crippen molar-refractivity contribution >= 4 is 34.3 Å². The third kappa shape index (κ3) is 3.45. The molecular formula is C20H18FN7O3. The molecule has 0 aliphatic carbocycles. The van der Waals surface area contributed by atoms with Crippen molar-refractivity contribution in [2.45, 2.75) is 0 Å². The summed E-state index contributed by atoms with van der Waals surface area (Å²) in [4.78, 5) is 29.3. The first kappa shape index (κ1) is 20.0. The molecule has 0 saturated heterocycles. The minimum Gasteiger partial charge on any atom is -0.496 e. The lowest BCUT2D eigenvalue weighted by atomic mass is 10.1. The number of nitrogens with zero attached hydrogens (tertiary/aromatic N) is 5. The summed E-state index contributed by atoms with van der Waals surface area (Å²) >= 11 is 0. The molecular weight excluding hydrogens is 405 g/mol. The van der Waals surface area contributed by atoms with Crippen molar-refractivity contribution in [2.75, 3.05) is 26.5 Å². The molecule has 0 atom stereocenters. The monoisotopic (exact) mass is 423 g/mol. The first-order valence-corrected chi connectivity index (χ1v) is 9.10. The first-order chi connectivity index (χ1) is 14.8. The summed E-state index contributed by atoms with van der Waals surface area (Å²) in [5, 5.41) is 10.7. The van der Waals surface area contributed by atoms with Gasteiger partial charge >= 0.3 is 6.03 Å². The summed E-state index contributed by atoms with van der Waals surface area (Å²) in [5.41, 5.74) is 7.49. The minimum absolute atomic E-state index is 0.0311. The molecule has 31 heavy (non-hydrogen) atoms. The van der Waals surface area contributed by atoms with E-state index in [1.165, 1.54) is 36.4 Å². The van der Waals surface area contributed by atoms with Gasteiger partial charge in [-0.15, -0.1) is 10.2 Å². The van der Waals surface area contributed by atoms with Gasteiger partial charge in [-0.2, -0.15) is 0 Å². The Morgan fingerprint density at radius 1 is 1.19 bits per heavy atom. The molecule has 0 aliphatic rings. The number of nitrogens with two attached hydrogens (primary N) is 1. The van der Waals surface area contributed by atoms with Gasteiger partial charge in [-0.3, -0.25) is 14.2 Å². The average Bonchev–Trinajstić information content (AvgIpc) is 3.18. The number of methoxy groups -OCH3 is 1. The molecule has 0 aliphatic heterocycles. The van der Waals surface area contributed by atoms with Gasteiger partial charge in [0.15, 0.2) is 11.5 Å². The second-order valence-corrected chi connectivity index (χ2v) is 6.90. The Balaban J connectivity index is 1.88. The lowest BCUT2D eigenvalue weighted by Crippen LogP contribution is -2.27. The van der Waals surface area contributed by atoms with Crippen molar-refractivity contribution in [1.82, 2.24) is 24.5 Å². The molecule has 11 heteroatoms. The predicted octanol–water partition coefficient (Wildman–Crippen LogP) is 2.28. The highest BCUT2D eigenvalue weighted by molar-refractivity contribution is 6.00. The Morgan fingerprint density at radius 2 is 1.97 bits per heavy atom. The van der Waals surface area contributed by atoms with Crippen molar-refractivity contribution < 1.29 is 18.7 Å². The van der Waals surface area contributed by atoms with Crippen molar-refractivity contribution in [3.8, 4) is 17.1 Å². The molecule has 10 nitrogen and oxygen atoms in total. The van der Waals surface area contributed by atoms with Crippen LogP contribution in [0, 0.1) is 5.82 Å². The van der Waals surface area contributed by atoms with E-state index < -0.39 is 17.8 Å². The number of halogens is 1. The highest BCUT2D eigenvalue weighted by Gasteiger charge is 2.18. The number of nitrogens with one attached hydrogen (secondary N) is 1. The molecule has 3 N–H and O–H groups in total. The molecule has 2 aromatic heterocycles. The Morgan fingerprint density at radius 3 is 2.61 bits per heavy atom. The van der Waals surface area contributed by atoms with Gasteiger partial charge in [-0.05, 0) is 24.3 Å². The van der Waals surface area contributed by atoms with Crippen molar-refractivity contribution in [2.24, 2.45) is 5.73 Å². The molecule has 0 bridgehead atoms. The Bertz CT molecular complexity index is 1350. The lowest BCUT2D eigenvalue weighted by Gasteiger charge is -2.13. The SMILES string of the molecule is COc1cc2ncc3nnc(-c4ccc(NC(=O)N(C)C)c(F)c4)n3c2cc1C(N)=O. The number of anilines is 1. The van der Waals surface area contributed by atoms with E-state index in [4.69, 9.17) is 10.5 Å². The number of fused-ring (bicyclic) bond motifs is 3. The Kier molecular flexibility index (Phi) is 4.85. The molecule has 0 unspecified atom stereocenters. The summed E-state index contributed by atoms with van der Waals surface area (Å²) in [6.45, 7) is 0. The standard InChI is InChI=1S/C20H18FN7O3/c1-27(2)20(30)24-13-5-4-10(6-12(13)21)19-26-25-17-9-23-14-8-16(31-3)11(18(22)29)7-15(14)28(17)19/h4-9H,1-3H3,(H2,22,29)(H,24,30). The second kappa shape index (κ2) is 7.52. The van der Waals surface area contributed by atoms with Gasteiger partial charge in [0.2, 0.25) is 0 Å². The first-order valence-electron chi connectivity index (χ1n) is 9.10. The molecule has 0 radical (unpaired) electrons. The van der Waals surface area contributed by atoms with Gasteiger partial charge in [-0.25, -0.2) is 9.18 Å². The Hall–Kier alpha value is -4.28. The van der Waals surface area contributed by atoms with Gasteiger partial charge in [0.05, 0.1) is 35.6 Å². The van der Waals surface area contributed by atoms with Crippen LogP contribution in [0.1, 0.15) is 10.4 Å². The number of hydrogen-bond donors (Lipinski definition) is 2. The van der Waals surface area contributed by atoms with Crippen LogP contribution >= 0.6 is 0 Å². The molecule has 4 rings (SSSR count). The third-order valence-corrected chi connectivity index (χ3v) is 4.69. The van der Waals surface area contributed by atoms with Gasteiger partial charge in [0.1, 0.15) is 11.6 Å². The zero-order chi connectivity index (χ0) is 22.3. The quantitative estimate of drug-likeness (QED) is 0.518. The van der Waals surface area contributed by atoms with Crippen LogP contribution in [0.2, 0.25) is 0 Å². The van der Waals surface area contributed by atoms with Gasteiger partial charge in [0, 0.05) is 25.7 Å². The maximum Gasteiger partial charge on any atom is 0.321 e. The largest absolute Gasteiger partial charge is 0.496 e. The van der Waals surface area contributed by atoms with Crippen LogP contribution in [0.15, 0.2) is 36.5 Å². The molecule has 2 heterocycles. The molecule has 2 aromatic carbocycles. The number of urea groups is 1. The van der Waals surface area contributed by atoms with Crippen LogP contribution < -0.4 is 15.8 Å². The number of carbonyl (C=O) groups is 2. The topological polar surface area (TPSA) is 128 Å². The maximum atomic E-state index is 14.7. The van der Waals surface area contributed by atoms with E-state index in [0.717, 1.165) is 0 Å². The van der Waals surface area contributed by atoms with E-state index in [0.29, 0.717) is 28.1 Å². The van der Waals surface area contributed by atoms with Crippen LogP contribution in [-0.4, -0.2) is 57.6 Å². The summed E-state index contributed by atoms with van der Waals surface area (Å²) < 4.78 is 21.5. The number of carbonyl (C=O) groups excluding carboxylic acids is 2. The van der Waals surface area contributed by atoms with Crippen LogP contribution in [0.25, 0.3) is 28.1 Å². The normalized spacial score (nSPS) is 11.0. The maximum absolute atomic E-state index is 14.7. The van der Waals surface area contributed by atoms with Crippen molar-refractivity contribution in [3.63, 3.8) is 0 Å². The van der Waals surface area contributed by atoms with Gasteiger partial charge in [-0.1, -0.05) is 0 Å². The number of primary amides is 1. The number of hydrogen-bond acceptors (Lipinski definition) is 6. The predicted molar refractivity (Wildman–Crippen MR) is 111 cm³/mol. The summed E-state index contributed by atoms with van der Waals surface area (Å²) in [6, 6.07) is 6.95. The lowest BCUT2D eigenvalue weighted by molar-refractivity contribution is 0.0997. The summed E-state index contributed by atoms with van der Waals surface area (Å²) in [6.07, 6.45) is 1.50. The highest BCUT2D eigenvalue weighted by Crippen LogP contribution is 2.29. The molecule has 0 fully saturated rings. The fourth-order valence-corrected chi connectivity index (χ4v) is 3.12. The molecule has 0 spiro atoms. The van der Waals surface area contributed by atoms with Crippen LogP contribution in [0.3, 0.4) is 0 Å². The van der Waals surface area contributed by atoms with E-state index in [9.17, 15) is 14.0 Å². The molecule has 158 valence electrons. The number of rotatable bonds is 4. The second-order valence-electron chi connectivity index (χ2n) is 6.90. The Labute approximate surface area is 175 Å². The zero-order valence-corrected chi connectivity index (χ0v) is 16.9. The zero-order valence-electron chi connectivity index (χ0n) is 16.9. The highest BCUT2D eigenvalue weighted by atomic mass is 19.1. The fraction of sp³-hybridized carbons (Fsp3) is 0.150. The third-order valence-electron chi connectivity index (χ3n) is 4.69. The van der Waals surface area contributed by atoms with Crippen LogP contribution in [0.4, 0.5) is 14.9 Å². The number of ether oxygens (including phenoxy) is 1. The van der Waals surface area contributed by atoms with Crippen LogP contribution in [0.5, 0.6) is 5.75 Å². The summed E-state index contributed by atoms with van der Waals surface area (Å²) in [5.74, 6) is -0.694. The average molecular weight is 423 g/mol. The molecule has 0 saturated carbocycles. The molecule has 3 amide bonds. The van der Waals surface area contributed by atoms with Gasteiger partial charge in [0.25, 0.3) is 5.91 Å². The number of benzene rings is 2. The smallest absolute Gasteiger partial charge is 0.321 e. The number of aromatic nitrogens is 4. The van der Waals surface area contributed by atoms with Crippen molar-refractivity contribution in [3.05, 3.63) is 47.9 Å². The van der Waals surface area contributed by atoms with Gasteiger partial charge < -0.3 is 20.7 Å². The van der Waals surface area contributed by atoms with E-state index >= 15 is 0 Å². The van der Waals surface area contributed by atoms with E-state index in [2.05, 4.69) is 20.5 Å².